The Balaban J connectivity index is 1.97. The molecule has 2 aromatic rings. The van der Waals surface area contributed by atoms with Gasteiger partial charge in [0.15, 0.2) is 0 Å². The van der Waals surface area contributed by atoms with Crippen LogP contribution in [0, 0.1) is 0 Å². The monoisotopic (exact) mass is 234 g/mol. The van der Waals surface area contributed by atoms with Crippen molar-refractivity contribution in [2.75, 3.05) is 6.61 Å². The smallest absolute Gasteiger partial charge is 0.0934 e. The summed E-state index contributed by atoms with van der Waals surface area (Å²) in [5, 5.41) is 17.8. The molecule has 0 aliphatic heterocycles. The van der Waals surface area contributed by atoms with Crippen LogP contribution in [-0.2, 0) is 6.54 Å². The standard InChI is InChI=1S/C12H14N2OS/c15-5-4-14-12(9-1-2-9)7-11(13-14)10-3-6-16-8-10/h3,6-9,15H,1-2,4-5H2. The van der Waals surface area contributed by atoms with E-state index in [1.54, 1.807) is 11.3 Å². The van der Waals surface area contributed by atoms with Crippen molar-refractivity contribution in [3.63, 3.8) is 0 Å². The fourth-order valence-electron chi connectivity index (χ4n) is 1.96. The number of hydrogen-bond acceptors (Lipinski definition) is 3. The van der Waals surface area contributed by atoms with Crippen LogP contribution in [0.1, 0.15) is 24.5 Å². The van der Waals surface area contributed by atoms with Crippen molar-refractivity contribution in [3.8, 4) is 11.3 Å². The normalized spacial score (nSPS) is 15.6. The molecule has 1 aliphatic rings. The second-order valence-electron chi connectivity index (χ2n) is 4.19. The van der Waals surface area contributed by atoms with E-state index in [0.29, 0.717) is 12.5 Å². The highest BCUT2D eigenvalue weighted by atomic mass is 32.1. The molecule has 2 heterocycles. The second-order valence-corrected chi connectivity index (χ2v) is 4.97. The first-order valence-electron chi connectivity index (χ1n) is 5.59. The number of rotatable bonds is 4. The lowest BCUT2D eigenvalue weighted by atomic mass is 10.2. The van der Waals surface area contributed by atoms with Gasteiger partial charge in [0.1, 0.15) is 0 Å². The van der Waals surface area contributed by atoms with Crippen molar-refractivity contribution >= 4 is 11.3 Å². The molecule has 0 radical (unpaired) electrons. The van der Waals surface area contributed by atoms with Gasteiger partial charge in [0, 0.05) is 22.6 Å². The number of hydrogen-bond donors (Lipinski definition) is 1. The number of nitrogens with zero attached hydrogens (tertiary/aromatic N) is 2. The number of aliphatic hydroxyl groups is 1. The van der Waals surface area contributed by atoms with Crippen molar-refractivity contribution in [1.29, 1.82) is 0 Å². The SMILES string of the molecule is OCCn1nc(-c2ccsc2)cc1C1CC1. The summed E-state index contributed by atoms with van der Waals surface area (Å²) in [4.78, 5) is 0. The molecule has 16 heavy (non-hydrogen) atoms. The van der Waals surface area contributed by atoms with Crippen molar-refractivity contribution in [2.45, 2.75) is 25.3 Å². The molecule has 0 amide bonds. The summed E-state index contributed by atoms with van der Waals surface area (Å²) < 4.78 is 1.96. The Hall–Kier alpha value is -1.13. The van der Waals surface area contributed by atoms with E-state index < -0.39 is 0 Å². The maximum absolute atomic E-state index is 9.03. The zero-order chi connectivity index (χ0) is 11.0. The van der Waals surface area contributed by atoms with Crippen LogP contribution >= 0.6 is 11.3 Å². The van der Waals surface area contributed by atoms with Gasteiger partial charge in [-0.2, -0.15) is 16.4 Å². The van der Waals surface area contributed by atoms with Crippen molar-refractivity contribution < 1.29 is 5.11 Å². The molecule has 2 aromatic heterocycles. The van der Waals surface area contributed by atoms with E-state index in [4.69, 9.17) is 5.11 Å². The third-order valence-corrected chi connectivity index (χ3v) is 3.62. The number of aromatic nitrogens is 2. The van der Waals surface area contributed by atoms with Gasteiger partial charge in [0.2, 0.25) is 0 Å². The van der Waals surface area contributed by atoms with E-state index in [9.17, 15) is 0 Å². The summed E-state index contributed by atoms with van der Waals surface area (Å²) >= 11 is 1.69. The molecule has 3 nitrogen and oxygen atoms in total. The lowest BCUT2D eigenvalue weighted by Gasteiger charge is -2.02. The minimum atomic E-state index is 0.157. The lowest BCUT2D eigenvalue weighted by Crippen LogP contribution is -2.07. The summed E-state index contributed by atoms with van der Waals surface area (Å²) in [5.41, 5.74) is 3.51. The van der Waals surface area contributed by atoms with Gasteiger partial charge in [0.25, 0.3) is 0 Å². The van der Waals surface area contributed by atoms with Gasteiger partial charge in [-0.05, 0) is 30.4 Å². The average Bonchev–Trinajstić information content (AvgIpc) is 2.82. The molecule has 1 N–H and O–H groups in total. The van der Waals surface area contributed by atoms with Gasteiger partial charge in [-0.3, -0.25) is 4.68 Å². The molecule has 4 heteroatoms. The number of thiophene rings is 1. The topological polar surface area (TPSA) is 38.0 Å². The van der Waals surface area contributed by atoms with E-state index in [1.807, 2.05) is 4.68 Å². The van der Waals surface area contributed by atoms with Crippen molar-refractivity contribution in [3.05, 3.63) is 28.6 Å². The maximum Gasteiger partial charge on any atom is 0.0934 e. The molecule has 0 saturated heterocycles. The van der Waals surface area contributed by atoms with Crippen LogP contribution < -0.4 is 0 Å². The average molecular weight is 234 g/mol. The molecule has 0 bridgehead atoms. The molecule has 84 valence electrons. The molecular formula is C12H14N2OS. The molecule has 0 spiro atoms. The highest BCUT2D eigenvalue weighted by molar-refractivity contribution is 7.08. The van der Waals surface area contributed by atoms with Crippen LogP contribution in [0.3, 0.4) is 0 Å². The summed E-state index contributed by atoms with van der Waals surface area (Å²) in [6.07, 6.45) is 2.53. The van der Waals surface area contributed by atoms with Crippen molar-refractivity contribution in [1.82, 2.24) is 9.78 Å². The summed E-state index contributed by atoms with van der Waals surface area (Å²) in [5.74, 6) is 0.673. The molecule has 1 fully saturated rings. The molecule has 0 atom stereocenters. The van der Waals surface area contributed by atoms with Gasteiger partial charge < -0.3 is 5.11 Å². The van der Waals surface area contributed by atoms with Gasteiger partial charge in [-0.1, -0.05) is 0 Å². The Morgan fingerprint density at radius 1 is 1.50 bits per heavy atom. The zero-order valence-electron chi connectivity index (χ0n) is 8.97. The fourth-order valence-corrected chi connectivity index (χ4v) is 2.61. The van der Waals surface area contributed by atoms with Gasteiger partial charge >= 0.3 is 0 Å². The van der Waals surface area contributed by atoms with Gasteiger partial charge in [-0.15, -0.1) is 0 Å². The molecule has 1 saturated carbocycles. The Bertz CT molecular complexity index is 471. The lowest BCUT2D eigenvalue weighted by molar-refractivity contribution is 0.267. The van der Waals surface area contributed by atoms with Crippen LogP contribution in [-0.4, -0.2) is 21.5 Å². The van der Waals surface area contributed by atoms with Crippen LogP contribution in [0.2, 0.25) is 0 Å². The van der Waals surface area contributed by atoms with E-state index in [-0.39, 0.29) is 6.61 Å². The van der Waals surface area contributed by atoms with Gasteiger partial charge in [0.05, 0.1) is 18.8 Å². The minimum Gasteiger partial charge on any atom is -0.394 e. The van der Waals surface area contributed by atoms with Crippen LogP contribution in [0.15, 0.2) is 22.9 Å². The first kappa shape index (κ1) is 10.1. The molecule has 1 aliphatic carbocycles. The van der Waals surface area contributed by atoms with E-state index in [1.165, 1.54) is 24.1 Å². The Labute approximate surface area is 98.3 Å². The Morgan fingerprint density at radius 2 is 2.38 bits per heavy atom. The number of aliphatic hydroxyl groups excluding tert-OH is 1. The predicted octanol–water partition coefficient (Wildman–Crippen LogP) is 2.48. The fraction of sp³-hybridized carbons (Fsp3) is 0.417. The third-order valence-electron chi connectivity index (χ3n) is 2.94. The van der Waals surface area contributed by atoms with Gasteiger partial charge in [-0.25, -0.2) is 0 Å². The van der Waals surface area contributed by atoms with E-state index in [0.717, 1.165) is 5.69 Å². The first-order valence-corrected chi connectivity index (χ1v) is 6.54. The Kier molecular flexibility index (Phi) is 2.53. The summed E-state index contributed by atoms with van der Waals surface area (Å²) in [6.45, 7) is 0.764. The zero-order valence-corrected chi connectivity index (χ0v) is 9.78. The molecular weight excluding hydrogens is 220 g/mol. The third kappa shape index (κ3) is 1.79. The largest absolute Gasteiger partial charge is 0.394 e. The van der Waals surface area contributed by atoms with Crippen LogP contribution in [0.4, 0.5) is 0 Å². The van der Waals surface area contributed by atoms with Crippen LogP contribution in [0.5, 0.6) is 0 Å². The predicted molar refractivity (Wildman–Crippen MR) is 64.6 cm³/mol. The molecule has 0 unspecified atom stereocenters. The minimum absolute atomic E-state index is 0.157. The highest BCUT2D eigenvalue weighted by Gasteiger charge is 2.28. The summed E-state index contributed by atoms with van der Waals surface area (Å²) in [6, 6.07) is 4.27. The second kappa shape index (κ2) is 4.03. The Morgan fingerprint density at radius 3 is 3.00 bits per heavy atom. The quantitative estimate of drug-likeness (QED) is 0.882. The van der Waals surface area contributed by atoms with E-state index >= 15 is 0 Å². The summed E-state index contributed by atoms with van der Waals surface area (Å²) in [7, 11) is 0. The first-order chi connectivity index (χ1) is 7.88. The van der Waals surface area contributed by atoms with E-state index in [2.05, 4.69) is 28.0 Å². The van der Waals surface area contributed by atoms with Crippen LogP contribution in [0.25, 0.3) is 11.3 Å². The van der Waals surface area contributed by atoms with Crippen molar-refractivity contribution in [2.24, 2.45) is 0 Å². The molecule has 0 aromatic carbocycles. The maximum atomic E-state index is 9.03. The molecule has 3 rings (SSSR count). The highest BCUT2D eigenvalue weighted by Crippen LogP contribution is 2.41.